The van der Waals surface area contributed by atoms with Crippen LogP contribution in [0, 0.1) is 19.8 Å². The lowest BCUT2D eigenvalue weighted by atomic mass is 10.0. The number of aliphatic hydroxyl groups is 1. The molecule has 1 aromatic heterocycles. The van der Waals surface area contributed by atoms with E-state index in [-0.39, 0.29) is 0 Å². The third kappa shape index (κ3) is 3.42. The smallest absolute Gasteiger partial charge is 0.347 e. The highest BCUT2D eigenvalue weighted by molar-refractivity contribution is 5.95. The minimum absolute atomic E-state index is 0.402. The van der Waals surface area contributed by atoms with Gasteiger partial charge in [0, 0.05) is 25.3 Å². The van der Waals surface area contributed by atoms with Crippen molar-refractivity contribution in [2.24, 2.45) is 5.92 Å². The van der Waals surface area contributed by atoms with E-state index >= 15 is 0 Å². The van der Waals surface area contributed by atoms with Gasteiger partial charge in [0.05, 0.1) is 11.4 Å². The van der Waals surface area contributed by atoms with Gasteiger partial charge >= 0.3 is 5.97 Å². The highest BCUT2D eigenvalue weighted by atomic mass is 16.5. The average molecular weight is 368 g/mol. The number of hydrogen-bond acceptors (Lipinski definition) is 5. The predicted octanol–water partition coefficient (Wildman–Crippen LogP) is 3.17. The van der Waals surface area contributed by atoms with E-state index in [1.54, 1.807) is 6.08 Å². The summed E-state index contributed by atoms with van der Waals surface area (Å²) in [5.41, 5.74) is 3.49. The van der Waals surface area contributed by atoms with Crippen LogP contribution in [-0.2, 0) is 16.0 Å². The summed E-state index contributed by atoms with van der Waals surface area (Å²) in [4.78, 5) is 12.8. The second-order valence-electron chi connectivity index (χ2n) is 7.24. The van der Waals surface area contributed by atoms with E-state index in [0.717, 1.165) is 49.4 Å². The number of rotatable bonds is 4. The Morgan fingerprint density at radius 2 is 2.04 bits per heavy atom. The molecule has 1 saturated heterocycles. The summed E-state index contributed by atoms with van der Waals surface area (Å²) in [7, 11) is 0. The lowest BCUT2D eigenvalue weighted by Gasteiger charge is -2.22. The molecule has 1 aliphatic heterocycles. The monoisotopic (exact) mass is 368 g/mol. The summed E-state index contributed by atoms with van der Waals surface area (Å²) in [6.45, 7) is 6.09. The van der Waals surface area contributed by atoms with Gasteiger partial charge in [0.1, 0.15) is 17.4 Å². The molecule has 2 aromatic rings. The Balaban J connectivity index is 1.53. The molecule has 0 amide bonds. The molecule has 1 unspecified atom stereocenters. The first kappa shape index (κ1) is 17.9. The maximum Gasteiger partial charge on any atom is 0.347 e. The molecule has 1 atom stereocenters. The van der Waals surface area contributed by atoms with Crippen molar-refractivity contribution in [2.75, 3.05) is 13.2 Å². The largest absolute Gasteiger partial charge is 0.422 e. The van der Waals surface area contributed by atoms with Crippen molar-refractivity contribution in [3.63, 3.8) is 0 Å². The zero-order valence-electron chi connectivity index (χ0n) is 15.6. The van der Waals surface area contributed by atoms with Gasteiger partial charge in [-0.05, 0) is 44.2 Å². The second-order valence-corrected chi connectivity index (χ2v) is 7.24. The predicted molar refractivity (Wildman–Crippen MR) is 100 cm³/mol. The van der Waals surface area contributed by atoms with Gasteiger partial charge in [-0.3, -0.25) is 4.68 Å². The lowest BCUT2D eigenvalue weighted by Crippen LogP contribution is -2.21. The topological polar surface area (TPSA) is 73.6 Å². The van der Waals surface area contributed by atoms with E-state index in [4.69, 9.17) is 9.47 Å². The van der Waals surface area contributed by atoms with E-state index in [2.05, 4.69) is 5.10 Å². The summed E-state index contributed by atoms with van der Waals surface area (Å²) in [6.07, 6.45) is 2.85. The number of aromatic nitrogens is 2. The van der Waals surface area contributed by atoms with Gasteiger partial charge in [0.2, 0.25) is 0 Å². The molecule has 27 heavy (non-hydrogen) atoms. The molecular weight excluding hydrogens is 344 g/mol. The van der Waals surface area contributed by atoms with Crippen LogP contribution in [0.2, 0.25) is 0 Å². The molecule has 142 valence electrons. The molecule has 1 aliphatic carbocycles. The van der Waals surface area contributed by atoms with Crippen molar-refractivity contribution in [3.05, 3.63) is 58.4 Å². The number of carbonyl (C=O) groups excluding carboxylic acids is 1. The van der Waals surface area contributed by atoms with E-state index in [1.807, 2.05) is 42.8 Å². The Morgan fingerprint density at radius 3 is 2.81 bits per heavy atom. The second kappa shape index (κ2) is 7.29. The van der Waals surface area contributed by atoms with E-state index < -0.39 is 12.1 Å². The number of ether oxygens (including phenoxy) is 2. The SMILES string of the molecule is Cc1nn(CC2CCOCC2)c(C)c1C(=O)OC1=CC(O)c2ccccc21. The van der Waals surface area contributed by atoms with Crippen LogP contribution in [0.15, 0.2) is 30.3 Å². The third-order valence-corrected chi connectivity index (χ3v) is 5.41. The fourth-order valence-corrected chi connectivity index (χ4v) is 3.89. The van der Waals surface area contributed by atoms with Crippen LogP contribution in [0.3, 0.4) is 0 Å². The number of aliphatic hydroxyl groups excluding tert-OH is 1. The van der Waals surface area contributed by atoms with Crippen LogP contribution in [0.25, 0.3) is 5.76 Å². The molecule has 1 aromatic carbocycles. The van der Waals surface area contributed by atoms with Crippen molar-refractivity contribution in [1.29, 1.82) is 0 Å². The maximum absolute atomic E-state index is 12.8. The van der Waals surface area contributed by atoms with E-state index in [9.17, 15) is 9.90 Å². The average Bonchev–Trinajstić information content (AvgIpc) is 3.12. The minimum Gasteiger partial charge on any atom is -0.422 e. The Labute approximate surface area is 158 Å². The summed E-state index contributed by atoms with van der Waals surface area (Å²) in [5, 5.41) is 14.7. The summed E-state index contributed by atoms with van der Waals surface area (Å²) in [5.74, 6) is 0.484. The van der Waals surface area contributed by atoms with Crippen LogP contribution in [-0.4, -0.2) is 34.1 Å². The highest BCUT2D eigenvalue weighted by Crippen LogP contribution is 2.35. The van der Waals surface area contributed by atoms with Crippen LogP contribution >= 0.6 is 0 Å². The molecule has 6 heteroatoms. The number of carbonyl (C=O) groups is 1. The summed E-state index contributed by atoms with van der Waals surface area (Å²) < 4.78 is 13.0. The summed E-state index contributed by atoms with van der Waals surface area (Å²) in [6, 6.07) is 7.40. The molecule has 1 N–H and O–H groups in total. The lowest BCUT2D eigenvalue weighted by molar-refractivity contribution is 0.0597. The van der Waals surface area contributed by atoms with Crippen LogP contribution in [0.4, 0.5) is 0 Å². The molecule has 2 heterocycles. The number of fused-ring (bicyclic) bond motifs is 1. The van der Waals surface area contributed by atoms with Gasteiger partial charge in [-0.25, -0.2) is 4.79 Å². The molecule has 0 saturated carbocycles. The standard InChI is InChI=1S/C21H24N2O4/c1-13-20(14(2)23(22-13)12-15-7-9-26-10-8-15)21(25)27-19-11-18(24)16-5-3-4-6-17(16)19/h3-6,11,15,18,24H,7-10,12H2,1-2H3. The Hall–Kier alpha value is -2.44. The van der Waals surface area contributed by atoms with Crippen LogP contribution in [0.1, 0.15) is 51.8 Å². The third-order valence-electron chi connectivity index (χ3n) is 5.41. The first-order chi connectivity index (χ1) is 13.0. The molecule has 0 radical (unpaired) electrons. The quantitative estimate of drug-likeness (QED) is 0.839. The Bertz CT molecular complexity index is 894. The number of esters is 1. The van der Waals surface area contributed by atoms with E-state index in [1.165, 1.54) is 0 Å². The van der Waals surface area contributed by atoms with Gasteiger partial charge in [-0.15, -0.1) is 0 Å². The first-order valence-corrected chi connectivity index (χ1v) is 9.37. The summed E-state index contributed by atoms with van der Waals surface area (Å²) >= 11 is 0. The maximum atomic E-state index is 12.8. The number of aryl methyl sites for hydroxylation is 1. The molecular formula is C21H24N2O4. The Morgan fingerprint density at radius 1 is 1.30 bits per heavy atom. The van der Waals surface area contributed by atoms with Gasteiger partial charge in [0.25, 0.3) is 0 Å². The first-order valence-electron chi connectivity index (χ1n) is 9.37. The van der Waals surface area contributed by atoms with Gasteiger partial charge in [0.15, 0.2) is 0 Å². The Kier molecular flexibility index (Phi) is 4.85. The number of nitrogens with zero attached hydrogens (tertiary/aromatic N) is 2. The zero-order chi connectivity index (χ0) is 19.0. The fraction of sp³-hybridized carbons (Fsp3) is 0.429. The molecule has 2 aliphatic rings. The van der Waals surface area contributed by atoms with Gasteiger partial charge < -0.3 is 14.6 Å². The highest BCUT2D eigenvalue weighted by Gasteiger charge is 2.27. The van der Waals surface area contributed by atoms with Crippen molar-refractivity contribution < 1.29 is 19.4 Å². The van der Waals surface area contributed by atoms with Crippen molar-refractivity contribution >= 4 is 11.7 Å². The normalized spacial score (nSPS) is 19.7. The zero-order valence-corrected chi connectivity index (χ0v) is 15.6. The van der Waals surface area contributed by atoms with Crippen molar-refractivity contribution in [1.82, 2.24) is 9.78 Å². The fourth-order valence-electron chi connectivity index (χ4n) is 3.89. The molecule has 0 spiro atoms. The number of benzene rings is 1. The molecule has 6 nitrogen and oxygen atoms in total. The van der Waals surface area contributed by atoms with Gasteiger partial charge in [-0.1, -0.05) is 24.3 Å². The van der Waals surface area contributed by atoms with Crippen LogP contribution in [0.5, 0.6) is 0 Å². The van der Waals surface area contributed by atoms with Crippen LogP contribution < -0.4 is 0 Å². The van der Waals surface area contributed by atoms with Crippen molar-refractivity contribution in [2.45, 2.75) is 39.3 Å². The molecule has 4 rings (SSSR count). The molecule has 1 fully saturated rings. The van der Waals surface area contributed by atoms with E-state index in [0.29, 0.717) is 22.9 Å². The minimum atomic E-state index is -0.748. The van der Waals surface area contributed by atoms with Crippen molar-refractivity contribution in [3.8, 4) is 0 Å². The number of hydrogen-bond donors (Lipinski definition) is 1. The molecule has 0 bridgehead atoms. The van der Waals surface area contributed by atoms with Gasteiger partial charge in [-0.2, -0.15) is 5.10 Å².